The number of halogens is 2. The van der Waals surface area contributed by atoms with Gasteiger partial charge >= 0.3 is 0 Å². The van der Waals surface area contributed by atoms with Crippen LogP contribution in [0.1, 0.15) is 6.42 Å². The Balaban J connectivity index is 0.971. The van der Waals surface area contributed by atoms with Crippen molar-refractivity contribution in [2.45, 2.75) is 6.42 Å². The molecule has 1 aliphatic rings. The number of oxazole rings is 1. The summed E-state index contributed by atoms with van der Waals surface area (Å²) in [5, 5.41) is 1.22. The summed E-state index contributed by atoms with van der Waals surface area (Å²) < 4.78 is 17.9. The van der Waals surface area contributed by atoms with Crippen LogP contribution in [0.25, 0.3) is 22.6 Å². The minimum absolute atomic E-state index is 0.549. The molecule has 0 spiro atoms. The summed E-state index contributed by atoms with van der Waals surface area (Å²) >= 11 is 11.8. The molecule has 1 aliphatic heterocycles. The summed E-state index contributed by atoms with van der Waals surface area (Å²) in [7, 11) is 0. The van der Waals surface area contributed by atoms with Crippen LogP contribution >= 0.6 is 23.2 Å². The molecule has 204 valence electrons. The number of benzene rings is 3. The van der Waals surface area contributed by atoms with Gasteiger partial charge in [0.2, 0.25) is 11.8 Å². The maximum Gasteiger partial charge on any atom is 0.227 e. The van der Waals surface area contributed by atoms with Gasteiger partial charge in [-0.1, -0.05) is 23.2 Å². The van der Waals surface area contributed by atoms with Crippen molar-refractivity contribution >= 4 is 40.2 Å². The van der Waals surface area contributed by atoms with Crippen molar-refractivity contribution in [1.29, 1.82) is 0 Å². The highest BCUT2D eigenvalue weighted by Gasteiger charge is 2.18. The van der Waals surface area contributed by atoms with Gasteiger partial charge in [0.05, 0.1) is 24.0 Å². The Hall–Kier alpha value is -3.85. The molecule has 8 nitrogen and oxygen atoms in total. The molecular weight excluding hydrogens is 549 g/mol. The molecule has 40 heavy (non-hydrogen) atoms. The summed E-state index contributed by atoms with van der Waals surface area (Å²) in [4.78, 5) is 17.9. The van der Waals surface area contributed by atoms with Crippen LogP contribution in [-0.2, 0) is 0 Å². The Morgan fingerprint density at radius 3 is 2.23 bits per heavy atom. The Kier molecular flexibility index (Phi) is 7.99. The molecule has 0 N–H and O–H groups in total. The Labute approximate surface area is 242 Å². The van der Waals surface area contributed by atoms with Crippen molar-refractivity contribution in [3.05, 3.63) is 89.2 Å². The lowest BCUT2D eigenvalue weighted by Gasteiger charge is -2.34. The number of nitrogens with zero attached hydrogens (tertiary/aromatic N) is 5. The fourth-order valence-corrected chi connectivity index (χ4v) is 4.77. The fourth-order valence-electron chi connectivity index (χ4n) is 4.55. The van der Waals surface area contributed by atoms with E-state index in [1.165, 1.54) is 0 Å². The zero-order valence-corrected chi connectivity index (χ0v) is 23.2. The van der Waals surface area contributed by atoms with Crippen LogP contribution in [0.2, 0.25) is 10.0 Å². The largest absolute Gasteiger partial charge is 0.494 e. The molecule has 0 radical (unpaired) electrons. The van der Waals surface area contributed by atoms with Crippen LogP contribution in [-0.4, -0.2) is 59.2 Å². The smallest absolute Gasteiger partial charge is 0.227 e. The van der Waals surface area contributed by atoms with Gasteiger partial charge in [-0.15, -0.1) is 0 Å². The standard InChI is InChI=1S/C30H27Cl2N5O3/c31-22-4-8-25(9-5-22)39-26-10-11-28-27(18-26)35-29(40-28)21-2-6-24(7-3-21)38-17-1-12-36-13-15-37(16-14-36)30-33-19-23(32)20-34-30/h2-11,18-20H,1,12-17H2. The second-order valence-corrected chi connectivity index (χ2v) is 10.3. The molecule has 0 bridgehead atoms. The van der Waals surface area contributed by atoms with E-state index in [4.69, 9.17) is 37.1 Å². The first-order valence-corrected chi connectivity index (χ1v) is 13.9. The van der Waals surface area contributed by atoms with E-state index in [1.807, 2.05) is 54.6 Å². The molecule has 0 amide bonds. The lowest BCUT2D eigenvalue weighted by Crippen LogP contribution is -2.47. The van der Waals surface area contributed by atoms with Crippen molar-refractivity contribution in [3.63, 3.8) is 0 Å². The van der Waals surface area contributed by atoms with Crippen LogP contribution in [0.4, 0.5) is 5.95 Å². The molecule has 1 saturated heterocycles. The van der Waals surface area contributed by atoms with Crippen molar-refractivity contribution in [2.24, 2.45) is 0 Å². The SMILES string of the molecule is Clc1ccc(Oc2ccc3oc(-c4ccc(OCCCN5CCN(c6ncc(Cl)cn6)CC5)cc4)nc3c2)cc1. The Morgan fingerprint density at radius 1 is 0.775 bits per heavy atom. The number of ether oxygens (including phenoxy) is 2. The van der Waals surface area contributed by atoms with Crippen molar-refractivity contribution in [1.82, 2.24) is 19.9 Å². The maximum atomic E-state index is 5.98. The third-order valence-corrected chi connectivity index (χ3v) is 7.11. The average molecular weight is 576 g/mol. The van der Waals surface area contributed by atoms with E-state index in [0.29, 0.717) is 39.6 Å². The number of fused-ring (bicyclic) bond motifs is 1. The summed E-state index contributed by atoms with van der Waals surface area (Å²) in [6.45, 7) is 5.38. The average Bonchev–Trinajstić information content (AvgIpc) is 3.41. The van der Waals surface area contributed by atoms with Gasteiger partial charge in [0.15, 0.2) is 5.58 Å². The molecule has 5 aromatic rings. The minimum Gasteiger partial charge on any atom is -0.494 e. The van der Waals surface area contributed by atoms with Gasteiger partial charge in [0.1, 0.15) is 22.8 Å². The number of hydrogen-bond donors (Lipinski definition) is 0. The molecule has 10 heteroatoms. The van der Waals surface area contributed by atoms with Gasteiger partial charge in [-0.2, -0.15) is 0 Å². The third-order valence-electron chi connectivity index (χ3n) is 6.66. The number of piperazine rings is 1. The van der Waals surface area contributed by atoms with Crippen LogP contribution in [0.15, 0.2) is 83.5 Å². The highest BCUT2D eigenvalue weighted by molar-refractivity contribution is 6.30. The van der Waals surface area contributed by atoms with Crippen molar-refractivity contribution < 1.29 is 13.9 Å². The van der Waals surface area contributed by atoms with Gasteiger partial charge in [0, 0.05) is 49.4 Å². The molecule has 6 rings (SSSR count). The van der Waals surface area contributed by atoms with Crippen molar-refractivity contribution in [2.75, 3.05) is 44.2 Å². The molecule has 1 fully saturated rings. The quantitative estimate of drug-likeness (QED) is 0.174. The third kappa shape index (κ3) is 6.47. The van der Waals surface area contributed by atoms with Crippen LogP contribution < -0.4 is 14.4 Å². The summed E-state index contributed by atoms with van der Waals surface area (Å²) in [5.41, 5.74) is 2.30. The highest BCUT2D eigenvalue weighted by atomic mass is 35.5. The first kappa shape index (κ1) is 26.4. The predicted octanol–water partition coefficient (Wildman–Crippen LogP) is 6.98. The zero-order chi connectivity index (χ0) is 27.3. The maximum absolute atomic E-state index is 5.98. The van der Waals surface area contributed by atoms with E-state index in [0.717, 1.165) is 61.9 Å². The van der Waals surface area contributed by atoms with Crippen LogP contribution in [0, 0.1) is 0 Å². The lowest BCUT2D eigenvalue weighted by molar-refractivity contribution is 0.224. The summed E-state index contributed by atoms with van der Waals surface area (Å²) in [6, 6.07) is 20.6. The second kappa shape index (κ2) is 12.1. The molecule has 0 saturated carbocycles. The lowest BCUT2D eigenvalue weighted by atomic mass is 10.2. The number of anilines is 1. The normalized spacial score (nSPS) is 14.0. The molecule has 3 heterocycles. The van der Waals surface area contributed by atoms with Gasteiger partial charge in [-0.3, -0.25) is 4.90 Å². The first-order chi connectivity index (χ1) is 19.6. The Morgan fingerprint density at radius 2 is 1.48 bits per heavy atom. The molecule has 2 aromatic heterocycles. The van der Waals surface area contributed by atoms with E-state index in [2.05, 4.69) is 24.8 Å². The number of rotatable bonds is 9. The van der Waals surface area contributed by atoms with E-state index in [1.54, 1.807) is 24.5 Å². The monoisotopic (exact) mass is 575 g/mol. The van der Waals surface area contributed by atoms with Gasteiger partial charge in [0.25, 0.3) is 0 Å². The highest BCUT2D eigenvalue weighted by Crippen LogP contribution is 2.30. The van der Waals surface area contributed by atoms with E-state index in [9.17, 15) is 0 Å². The molecule has 0 aliphatic carbocycles. The molecule has 3 aromatic carbocycles. The van der Waals surface area contributed by atoms with E-state index < -0.39 is 0 Å². The topological polar surface area (TPSA) is 76.8 Å². The zero-order valence-electron chi connectivity index (χ0n) is 21.7. The van der Waals surface area contributed by atoms with Crippen LogP contribution in [0.5, 0.6) is 17.2 Å². The van der Waals surface area contributed by atoms with E-state index >= 15 is 0 Å². The van der Waals surface area contributed by atoms with Crippen LogP contribution in [0.3, 0.4) is 0 Å². The van der Waals surface area contributed by atoms with Gasteiger partial charge in [-0.05, 0) is 67.1 Å². The summed E-state index contributed by atoms with van der Waals surface area (Å²) in [5.74, 6) is 3.49. The summed E-state index contributed by atoms with van der Waals surface area (Å²) in [6.07, 6.45) is 4.23. The molecular formula is C30H27Cl2N5O3. The first-order valence-electron chi connectivity index (χ1n) is 13.1. The predicted molar refractivity (Wildman–Crippen MR) is 157 cm³/mol. The van der Waals surface area contributed by atoms with Gasteiger partial charge < -0.3 is 18.8 Å². The Bertz CT molecular complexity index is 1550. The molecule has 0 unspecified atom stereocenters. The van der Waals surface area contributed by atoms with E-state index in [-0.39, 0.29) is 0 Å². The number of hydrogen-bond acceptors (Lipinski definition) is 8. The fraction of sp³-hybridized carbons (Fsp3) is 0.233. The molecule has 0 atom stereocenters. The minimum atomic E-state index is 0.549. The van der Waals surface area contributed by atoms with Gasteiger partial charge in [-0.25, -0.2) is 15.0 Å². The van der Waals surface area contributed by atoms with Crippen molar-refractivity contribution in [3.8, 4) is 28.7 Å². The number of aromatic nitrogens is 3. The second-order valence-electron chi connectivity index (χ2n) is 9.46.